The molecule has 4 nitrogen and oxygen atoms in total. The average molecular weight is 331 g/mol. The van der Waals surface area contributed by atoms with Crippen molar-refractivity contribution in [1.82, 2.24) is 9.80 Å². The van der Waals surface area contributed by atoms with E-state index in [1.165, 1.54) is 0 Å². The third-order valence-electron chi connectivity index (χ3n) is 3.62. The monoisotopic (exact) mass is 330 g/mol. The molecule has 21 heavy (non-hydrogen) atoms. The van der Waals surface area contributed by atoms with Crippen LogP contribution in [0.3, 0.4) is 0 Å². The van der Waals surface area contributed by atoms with Crippen LogP contribution in [0.15, 0.2) is 18.2 Å². The molecular formula is C15H20Cl2N2O2. The lowest BCUT2D eigenvalue weighted by molar-refractivity contribution is -0.131. The first kappa shape index (κ1) is 16.6. The molecule has 1 aliphatic rings. The Hall–Kier alpha value is -0.810. The largest absolute Gasteiger partial charge is 0.395 e. The van der Waals surface area contributed by atoms with E-state index in [1.807, 2.05) is 15.9 Å². The van der Waals surface area contributed by atoms with Crippen molar-refractivity contribution in [2.75, 3.05) is 32.8 Å². The maximum absolute atomic E-state index is 12.2. The van der Waals surface area contributed by atoms with Gasteiger partial charge in [-0.3, -0.25) is 9.69 Å². The summed E-state index contributed by atoms with van der Waals surface area (Å²) in [5.74, 6) is 0.126. The minimum Gasteiger partial charge on any atom is -0.395 e. The molecule has 1 amide bonds. The molecule has 0 unspecified atom stereocenters. The molecule has 0 aromatic heterocycles. The van der Waals surface area contributed by atoms with Crippen LogP contribution in [0.5, 0.6) is 0 Å². The molecule has 0 atom stereocenters. The van der Waals surface area contributed by atoms with Gasteiger partial charge in [-0.25, -0.2) is 0 Å². The summed E-state index contributed by atoms with van der Waals surface area (Å²) in [6.07, 6.45) is 2.16. The highest BCUT2D eigenvalue weighted by molar-refractivity contribution is 6.42. The first-order valence-electron chi connectivity index (χ1n) is 7.15. The number of nitrogens with zero attached hydrogens (tertiary/aromatic N) is 2. The van der Waals surface area contributed by atoms with Crippen LogP contribution in [0.4, 0.5) is 0 Å². The summed E-state index contributed by atoms with van der Waals surface area (Å²) in [6, 6.07) is 5.44. The van der Waals surface area contributed by atoms with Gasteiger partial charge in [0.05, 0.1) is 23.2 Å². The van der Waals surface area contributed by atoms with Crippen LogP contribution in [0, 0.1) is 0 Å². The lowest BCUT2D eigenvalue weighted by Crippen LogP contribution is -2.39. The van der Waals surface area contributed by atoms with Crippen molar-refractivity contribution in [3.63, 3.8) is 0 Å². The molecular weight excluding hydrogens is 311 g/mol. The van der Waals surface area contributed by atoms with E-state index in [0.29, 0.717) is 29.7 Å². The van der Waals surface area contributed by atoms with Crippen molar-refractivity contribution in [1.29, 1.82) is 0 Å². The van der Waals surface area contributed by atoms with Crippen LogP contribution >= 0.6 is 23.2 Å². The van der Waals surface area contributed by atoms with E-state index in [0.717, 1.165) is 31.5 Å². The molecule has 0 spiro atoms. The number of hydrogen-bond acceptors (Lipinski definition) is 3. The van der Waals surface area contributed by atoms with Crippen molar-refractivity contribution in [2.24, 2.45) is 0 Å². The van der Waals surface area contributed by atoms with E-state index in [2.05, 4.69) is 0 Å². The van der Waals surface area contributed by atoms with Crippen LogP contribution in [0.2, 0.25) is 10.0 Å². The minimum atomic E-state index is 0.0224. The zero-order valence-corrected chi connectivity index (χ0v) is 13.4. The first-order chi connectivity index (χ1) is 10.1. The van der Waals surface area contributed by atoms with Gasteiger partial charge < -0.3 is 10.0 Å². The van der Waals surface area contributed by atoms with Gasteiger partial charge in [-0.2, -0.15) is 0 Å². The molecule has 0 bridgehead atoms. The summed E-state index contributed by atoms with van der Waals surface area (Å²) in [7, 11) is 0. The van der Waals surface area contributed by atoms with E-state index >= 15 is 0 Å². The van der Waals surface area contributed by atoms with Crippen molar-refractivity contribution < 1.29 is 9.90 Å². The minimum absolute atomic E-state index is 0.0224. The number of amides is 1. The number of likely N-dealkylation sites (tertiary alicyclic amines) is 1. The fourth-order valence-corrected chi connectivity index (χ4v) is 2.83. The van der Waals surface area contributed by atoms with E-state index in [9.17, 15) is 9.90 Å². The Morgan fingerprint density at radius 1 is 1.24 bits per heavy atom. The standard InChI is InChI=1S/C15H20Cl2N2O2/c16-13-4-3-12(9-14(13)17)10-18(7-8-20)11-15(21)19-5-1-2-6-19/h3-4,9,20H,1-2,5-8,10-11H2. The van der Waals surface area contributed by atoms with E-state index in [1.54, 1.807) is 12.1 Å². The fourth-order valence-electron chi connectivity index (χ4n) is 2.51. The second-order valence-corrected chi connectivity index (χ2v) is 6.09. The molecule has 0 saturated carbocycles. The molecule has 6 heteroatoms. The normalized spacial score (nSPS) is 15.0. The van der Waals surface area contributed by atoms with Gasteiger partial charge in [-0.05, 0) is 30.5 Å². The maximum atomic E-state index is 12.2. The number of benzene rings is 1. The average Bonchev–Trinajstić information content (AvgIpc) is 2.97. The van der Waals surface area contributed by atoms with Gasteiger partial charge in [0.2, 0.25) is 5.91 Å². The van der Waals surface area contributed by atoms with Crippen molar-refractivity contribution >= 4 is 29.1 Å². The number of aliphatic hydroxyl groups excluding tert-OH is 1. The predicted octanol–water partition coefficient (Wildman–Crippen LogP) is 2.41. The third kappa shape index (κ3) is 4.85. The number of halogens is 2. The molecule has 0 aliphatic carbocycles. The van der Waals surface area contributed by atoms with Crippen molar-refractivity contribution in [3.05, 3.63) is 33.8 Å². The number of carbonyl (C=O) groups excluding carboxylic acids is 1. The van der Waals surface area contributed by atoms with Crippen LogP contribution in [-0.4, -0.2) is 53.6 Å². The summed E-state index contributed by atoms with van der Waals surface area (Å²) >= 11 is 11.9. The molecule has 1 N–H and O–H groups in total. The quantitative estimate of drug-likeness (QED) is 0.871. The van der Waals surface area contributed by atoms with E-state index in [4.69, 9.17) is 23.2 Å². The van der Waals surface area contributed by atoms with Crippen LogP contribution in [-0.2, 0) is 11.3 Å². The highest BCUT2D eigenvalue weighted by Gasteiger charge is 2.20. The predicted molar refractivity (Wildman–Crippen MR) is 84.6 cm³/mol. The summed E-state index contributed by atoms with van der Waals surface area (Å²) in [5.41, 5.74) is 0.979. The van der Waals surface area contributed by atoms with Crippen molar-refractivity contribution in [2.45, 2.75) is 19.4 Å². The summed E-state index contributed by atoms with van der Waals surface area (Å²) < 4.78 is 0. The molecule has 1 aromatic carbocycles. The Morgan fingerprint density at radius 3 is 2.57 bits per heavy atom. The lowest BCUT2D eigenvalue weighted by atomic mass is 10.2. The highest BCUT2D eigenvalue weighted by Crippen LogP contribution is 2.23. The Morgan fingerprint density at radius 2 is 1.95 bits per heavy atom. The van der Waals surface area contributed by atoms with E-state index in [-0.39, 0.29) is 12.5 Å². The molecule has 1 aromatic rings. The van der Waals surface area contributed by atoms with Gasteiger partial charge in [0.15, 0.2) is 0 Å². The molecule has 1 saturated heterocycles. The zero-order chi connectivity index (χ0) is 15.2. The topological polar surface area (TPSA) is 43.8 Å². The third-order valence-corrected chi connectivity index (χ3v) is 4.36. The van der Waals surface area contributed by atoms with E-state index < -0.39 is 0 Å². The molecule has 1 aliphatic heterocycles. The SMILES string of the molecule is O=C(CN(CCO)Cc1ccc(Cl)c(Cl)c1)N1CCCC1. The van der Waals surface area contributed by atoms with Gasteiger partial charge in [-0.15, -0.1) is 0 Å². The van der Waals surface area contributed by atoms with Gasteiger partial charge in [-0.1, -0.05) is 29.3 Å². The molecule has 116 valence electrons. The molecule has 1 fully saturated rings. The van der Waals surface area contributed by atoms with Crippen LogP contribution in [0.1, 0.15) is 18.4 Å². The lowest BCUT2D eigenvalue weighted by Gasteiger charge is -2.24. The molecule has 1 heterocycles. The Labute approximate surface area is 135 Å². The van der Waals surface area contributed by atoms with Gasteiger partial charge in [0.25, 0.3) is 0 Å². The summed E-state index contributed by atoms with van der Waals surface area (Å²) in [4.78, 5) is 16.0. The second kappa shape index (κ2) is 7.99. The number of rotatable bonds is 6. The second-order valence-electron chi connectivity index (χ2n) is 5.27. The van der Waals surface area contributed by atoms with Gasteiger partial charge in [0.1, 0.15) is 0 Å². The zero-order valence-electron chi connectivity index (χ0n) is 11.9. The fraction of sp³-hybridized carbons (Fsp3) is 0.533. The molecule has 2 rings (SSSR count). The Kier molecular flexibility index (Phi) is 6.30. The Balaban J connectivity index is 1.97. The van der Waals surface area contributed by atoms with Crippen LogP contribution < -0.4 is 0 Å². The van der Waals surface area contributed by atoms with Gasteiger partial charge in [0, 0.05) is 26.2 Å². The van der Waals surface area contributed by atoms with Crippen LogP contribution in [0.25, 0.3) is 0 Å². The Bertz CT molecular complexity index is 491. The first-order valence-corrected chi connectivity index (χ1v) is 7.90. The molecule has 0 radical (unpaired) electrons. The number of aliphatic hydroxyl groups is 1. The maximum Gasteiger partial charge on any atom is 0.236 e. The number of carbonyl (C=O) groups is 1. The summed E-state index contributed by atoms with van der Waals surface area (Å²) in [5, 5.41) is 10.2. The van der Waals surface area contributed by atoms with Crippen molar-refractivity contribution in [3.8, 4) is 0 Å². The summed E-state index contributed by atoms with van der Waals surface area (Å²) in [6.45, 7) is 3.06. The smallest absolute Gasteiger partial charge is 0.236 e. The number of hydrogen-bond donors (Lipinski definition) is 1. The van der Waals surface area contributed by atoms with Gasteiger partial charge >= 0.3 is 0 Å². The highest BCUT2D eigenvalue weighted by atomic mass is 35.5.